The first-order valence-electron chi connectivity index (χ1n) is 4.72. The van der Waals surface area contributed by atoms with E-state index in [4.69, 9.17) is 10.5 Å². The first-order valence-corrected chi connectivity index (χ1v) is 4.72. The first kappa shape index (κ1) is 9.06. The minimum absolute atomic E-state index is 0.199. The highest BCUT2D eigenvalue weighted by Gasteiger charge is 2.18. The number of carbonyl (C=O) groups excluding carboxylic acids is 1. The molecule has 0 saturated carbocycles. The molecule has 0 atom stereocenters. The summed E-state index contributed by atoms with van der Waals surface area (Å²) < 4.78 is 5.08. The lowest BCUT2D eigenvalue weighted by molar-refractivity contribution is 0.0972. The third-order valence-corrected chi connectivity index (χ3v) is 2.61. The van der Waals surface area contributed by atoms with Gasteiger partial charge in [-0.25, -0.2) is 0 Å². The molecule has 1 aliphatic carbocycles. The Hall–Kier alpha value is -1.51. The van der Waals surface area contributed by atoms with Crippen LogP contribution in [-0.2, 0) is 6.42 Å². The summed E-state index contributed by atoms with van der Waals surface area (Å²) in [6, 6.07) is 3.61. The fraction of sp³-hybridized carbons (Fsp3) is 0.364. The van der Waals surface area contributed by atoms with Gasteiger partial charge in [-0.3, -0.25) is 4.79 Å². The number of carbonyl (C=O) groups is 1. The third-order valence-electron chi connectivity index (χ3n) is 2.61. The molecule has 0 fully saturated rings. The van der Waals surface area contributed by atoms with E-state index in [-0.39, 0.29) is 5.78 Å². The molecule has 3 nitrogen and oxygen atoms in total. The van der Waals surface area contributed by atoms with E-state index < -0.39 is 0 Å². The standard InChI is InChI=1S/C11H13NO2/c1-14-11-6-8-7(5-9(11)12)3-2-4-10(8)13/h5-6H,2-4,12H2,1H3. The number of methoxy groups -OCH3 is 1. The summed E-state index contributed by atoms with van der Waals surface area (Å²) in [6.45, 7) is 0. The van der Waals surface area contributed by atoms with Crippen LogP contribution in [0.3, 0.4) is 0 Å². The summed E-state index contributed by atoms with van der Waals surface area (Å²) >= 11 is 0. The van der Waals surface area contributed by atoms with Crippen molar-refractivity contribution >= 4 is 11.5 Å². The van der Waals surface area contributed by atoms with E-state index >= 15 is 0 Å². The van der Waals surface area contributed by atoms with Crippen molar-refractivity contribution < 1.29 is 9.53 Å². The Kier molecular flexibility index (Phi) is 2.15. The van der Waals surface area contributed by atoms with Gasteiger partial charge in [-0.2, -0.15) is 0 Å². The van der Waals surface area contributed by atoms with Crippen LogP contribution >= 0.6 is 0 Å². The Balaban J connectivity index is 2.54. The van der Waals surface area contributed by atoms with E-state index in [0.717, 1.165) is 24.0 Å². The lowest BCUT2D eigenvalue weighted by atomic mass is 9.90. The fourth-order valence-corrected chi connectivity index (χ4v) is 1.86. The maximum Gasteiger partial charge on any atom is 0.163 e. The Bertz CT molecular complexity index is 385. The second-order valence-corrected chi connectivity index (χ2v) is 3.53. The normalized spacial score (nSPS) is 15.1. The summed E-state index contributed by atoms with van der Waals surface area (Å²) in [4.78, 5) is 11.6. The van der Waals surface area contributed by atoms with Gasteiger partial charge >= 0.3 is 0 Å². The molecule has 1 aromatic rings. The van der Waals surface area contributed by atoms with Crippen LogP contribution in [0.25, 0.3) is 0 Å². The second kappa shape index (κ2) is 3.33. The van der Waals surface area contributed by atoms with Gasteiger partial charge in [-0.15, -0.1) is 0 Å². The predicted octanol–water partition coefficient (Wildman–Crippen LogP) is 1.80. The fourth-order valence-electron chi connectivity index (χ4n) is 1.86. The number of aryl methyl sites for hydroxylation is 1. The van der Waals surface area contributed by atoms with E-state index in [1.807, 2.05) is 6.07 Å². The van der Waals surface area contributed by atoms with Crippen LogP contribution in [0.5, 0.6) is 5.75 Å². The van der Waals surface area contributed by atoms with Crippen LogP contribution in [0.4, 0.5) is 5.69 Å². The summed E-state index contributed by atoms with van der Waals surface area (Å²) in [7, 11) is 1.56. The second-order valence-electron chi connectivity index (χ2n) is 3.53. The van der Waals surface area contributed by atoms with Gasteiger partial charge in [0.25, 0.3) is 0 Å². The van der Waals surface area contributed by atoms with E-state index in [1.54, 1.807) is 13.2 Å². The first-order chi connectivity index (χ1) is 6.72. The van der Waals surface area contributed by atoms with Gasteiger partial charge in [0.05, 0.1) is 12.8 Å². The number of Topliss-reactive ketones (excluding diaryl/α,β-unsaturated/α-hetero) is 1. The SMILES string of the molecule is COc1cc2c(cc1N)CCCC2=O. The number of hydrogen-bond acceptors (Lipinski definition) is 3. The molecule has 2 rings (SSSR count). The molecule has 1 aromatic carbocycles. The van der Waals surface area contributed by atoms with E-state index in [1.165, 1.54) is 0 Å². The molecule has 14 heavy (non-hydrogen) atoms. The molecule has 0 unspecified atom stereocenters. The van der Waals surface area contributed by atoms with Crippen LogP contribution in [0.2, 0.25) is 0 Å². The monoisotopic (exact) mass is 191 g/mol. The van der Waals surface area contributed by atoms with Gasteiger partial charge in [0.2, 0.25) is 0 Å². The average Bonchev–Trinajstić information content (AvgIpc) is 2.17. The number of nitrogens with two attached hydrogens (primary N) is 1. The van der Waals surface area contributed by atoms with Crippen molar-refractivity contribution in [1.29, 1.82) is 0 Å². The number of fused-ring (bicyclic) bond motifs is 1. The lowest BCUT2D eigenvalue weighted by Crippen LogP contribution is -2.11. The molecule has 0 amide bonds. The zero-order valence-electron chi connectivity index (χ0n) is 8.17. The van der Waals surface area contributed by atoms with Crippen LogP contribution in [0.1, 0.15) is 28.8 Å². The molecule has 0 radical (unpaired) electrons. The largest absolute Gasteiger partial charge is 0.495 e. The van der Waals surface area contributed by atoms with Crippen LogP contribution in [0, 0.1) is 0 Å². The van der Waals surface area contributed by atoms with Gasteiger partial charge in [-0.1, -0.05) is 0 Å². The highest BCUT2D eigenvalue weighted by molar-refractivity contribution is 5.99. The van der Waals surface area contributed by atoms with Crippen molar-refractivity contribution in [3.05, 3.63) is 23.3 Å². The number of benzene rings is 1. The molecule has 3 heteroatoms. The molecular weight excluding hydrogens is 178 g/mol. The van der Waals surface area contributed by atoms with E-state index in [0.29, 0.717) is 17.9 Å². The molecule has 0 spiro atoms. The van der Waals surface area contributed by atoms with Crippen molar-refractivity contribution in [2.45, 2.75) is 19.3 Å². The van der Waals surface area contributed by atoms with Gasteiger partial charge < -0.3 is 10.5 Å². The molecule has 0 heterocycles. The number of anilines is 1. The van der Waals surface area contributed by atoms with Gasteiger partial charge in [0, 0.05) is 12.0 Å². The van der Waals surface area contributed by atoms with Crippen molar-refractivity contribution in [2.24, 2.45) is 0 Å². The Morgan fingerprint density at radius 3 is 2.86 bits per heavy atom. The topological polar surface area (TPSA) is 52.3 Å². The molecule has 1 aliphatic rings. The zero-order valence-corrected chi connectivity index (χ0v) is 8.17. The summed E-state index contributed by atoms with van der Waals surface area (Å²) in [5, 5.41) is 0. The lowest BCUT2D eigenvalue weighted by Gasteiger charge is -2.16. The van der Waals surface area contributed by atoms with Crippen LogP contribution in [0.15, 0.2) is 12.1 Å². The minimum atomic E-state index is 0.199. The number of ketones is 1. The van der Waals surface area contributed by atoms with E-state index in [2.05, 4.69) is 0 Å². The molecule has 2 N–H and O–H groups in total. The number of hydrogen-bond donors (Lipinski definition) is 1. The van der Waals surface area contributed by atoms with E-state index in [9.17, 15) is 4.79 Å². The van der Waals surface area contributed by atoms with Crippen molar-refractivity contribution in [3.8, 4) is 5.75 Å². The van der Waals surface area contributed by atoms with Gasteiger partial charge in [-0.05, 0) is 30.5 Å². The Morgan fingerprint density at radius 2 is 2.14 bits per heavy atom. The highest BCUT2D eigenvalue weighted by Crippen LogP contribution is 2.30. The molecule has 0 aromatic heterocycles. The van der Waals surface area contributed by atoms with Gasteiger partial charge in [0.15, 0.2) is 5.78 Å². The van der Waals surface area contributed by atoms with Gasteiger partial charge in [0.1, 0.15) is 5.75 Å². The Morgan fingerprint density at radius 1 is 1.36 bits per heavy atom. The molecule has 0 bridgehead atoms. The van der Waals surface area contributed by atoms with Crippen LogP contribution in [-0.4, -0.2) is 12.9 Å². The summed E-state index contributed by atoms with van der Waals surface area (Å²) in [5.74, 6) is 0.795. The molecule has 0 aliphatic heterocycles. The van der Waals surface area contributed by atoms with Crippen LogP contribution < -0.4 is 10.5 Å². The molecular formula is C11H13NO2. The van der Waals surface area contributed by atoms with Crippen molar-refractivity contribution in [3.63, 3.8) is 0 Å². The minimum Gasteiger partial charge on any atom is -0.495 e. The van der Waals surface area contributed by atoms with Crippen molar-refractivity contribution in [1.82, 2.24) is 0 Å². The summed E-state index contributed by atoms with van der Waals surface area (Å²) in [6.07, 6.45) is 2.51. The maximum absolute atomic E-state index is 11.6. The molecule has 0 saturated heterocycles. The maximum atomic E-state index is 11.6. The smallest absolute Gasteiger partial charge is 0.163 e. The summed E-state index contributed by atoms with van der Waals surface area (Å²) in [5.41, 5.74) is 8.21. The third kappa shape index (κ3) is 1.35. The Labute approximate surface area is 82.9 Å². The quantitative estimate of drug-likeness (QED) is 0.688. The number of ether oxygens (including phenoxy) is 1. The van der Waals surface area contributed by atoms with Crippen molar-refractivity contribution in [2.75, 3.05) is 12.8 Å². The number of rotatable bonds is 1. The molecule has 74 valence electrons. The predicted molar refractivity (Wildman–Crippen MR) is 54.7 cm³/mol. The average molecular weight is 191 g/mol. The zero-order chi connectivity index (χ0) is 10.1. The number of nitrogen functional groups attached to an aromatic ring is 1. The highest BCUT2D eigenvalue weighted by atomic mass is 16.5.